The minimum Gasteiger partial charge on any atom is -0.480 e. The van der Waals surface area contributed by atoms with Crippen LogP contribution < -0.4 is 4.72 Å². The monoisotopic (exact) mass is 293 g/mol. The number of carboxylic acid groups (broad SMARTS) is 1. The van der Waals surface area contributed by atoms with Gasteiger partial charge in [-0.15, -0.1) is 0 Å². The Hall–Kier alpha value is -1.15. The first kappa shape index (κ1) is 15.9. The van der Waals surface area contributed by atoms with Crippen LogP contribution in [0, 0.1) is 0 Å². The number of carbonyl (C=O) groups excluding carboxylic acids is 1. The van der Waals surface area contributed by atoms with E-state index >= 15 is 0 Å². The fourth-order valence-corrected chi connectivity index (χ4v) is 3.85. The van der Waals surface area contributed by atoms with Gasteiger partial charge >= 0.3 is 11.9 Å². The molecular formula is C11H19NO6S. The Labute approximate surface area is 112 Å². The maximum atomic E-state index is 12.0. The van der Waals surface area contributed by atoms with E-state index in [1.54, 1.807) is 0 Å². The van der Waals surface area contributed by atoms with Crippen molar-refractivity contribution in [3.63, 3.8) is 0 Å². The SMILES string of the molecule is COC(=O)CC[C@@H](NS(=O)(=O)C1CCCC1)C(=O)O. The summed E-state index contributed by atoms with van der Waals surface area (Å²) in [7, 11) is -2.45. The molecule has 1 aliphatic carbocycles. The maximum absolute atomic E-state index is 12.0. The van der Waals surface area contributed by atoms with Gasteiger partial charge in [-0.1, -0.05) is 12.8 Å². The lowest BCUT2D eigenvalue weighted by atomic mass is 10.2. The van der Waals surface area contributed by atoms with Gasteiger partial charge < -0.3 is 9.84 Å². The summed E-state index contributed by atoms with van der Waals surface area (Å²) in [5, 5.41) is 8.47. The van der Waals surface area contributed by atoms with Crippen molar-refractivity contribution in [2.75, 3.05) is 7.11 Å². The lowest BCUT2D eigenvalue weighted by Gasteiger charge is -2.17. The van der Waals surface area contributed by atoms with Crippen molar-refractivity contribution < 1.29 is 27.9 Å². The van der Waals surface area contributed by atoms with Crippen molar-refractivity contribution in [1.82, 2.24) is 4.72 Å². The maximum Gasteiger partial charge on any atom is 0.321 e. The average Bonchev–Trinajstić information content (AvgIpc) is 2.88. The Kier molecular flexibility index (Phi) is 5.74. The summed E-state index contributed by atoms with van der Waals surface area (Å²) in [5.41, 5.74) is 0. The second-order valence-corrected chi connectivity index (χ2v) is 6.57. The van der Waals surface area contributed by atoms with Gasteiger partial charge in [-0.3, -0.25) is 9.59 Å². The van der Waals surface area contributed by atoms with Gasteiger partial charge in [0.05, 0.1) is 12.4 Å². The molecule has 19 heavy (non-hydrogen) atoms. The molecule has 0 aliphatic heterocycles. The van der Waals surface area contributed by atoms with Gasteiger partial charge in [-0.25, -0.2) is 13.1 Å². The molecule has 1 atom stereocenters. The zero-order chi connectivity index (χ0) is 14.5. The first-order chi connectivity index (χ1) is 8.86. The molecule has 1 aliphatic rings. The number of methoxy groups -OCH3 is 1. The number of carboxylic acids is 1. The molecule has 1 saturated carbocycles. The number of hydrogen-bond acceptors (Lipinski definition) is 5. The number of sulfonamides is 1. The largest absolute Gasteiger partial charge is 0.480 e. The molecule has 2 N–H and O–H groups in total. The molecule has 8 heteroatoms. The summed E-state index contributed by atoms with van der Waals surface area (Å²) < 4.78 is 30.5. The molecule has 0 aromatic rings. The van der Waals surface area contributed by atoms with E-state index in [1.807, 2.05) is 0 Å². The van der Waals surface area contributed by atoms with Crippen molar-refractivity contribution in [3.8, 4) is 0 Å². The highest BCUT2D eigenvalue weighted by atomic mass is 32.2. The third kappa shape index (κ3) is 4.79. The summed E-state index contributed by atoms with van der Waals surface area (Å²) in [6.45, 7) is 0. The summed E-state index contributed by atoms with van der Waals surface area (Å²) >= 11 is 0. The van der Waals surface area contributed by atoms with Gasteiger partial charge in [0.2, 0.25) is 10.0 Å². The highest BCUT2D eigenvalue weighted by Crippen LogP contribution is 2.24. The second-order valence-electron chi connectivity index (χ2n) is 4.57. The fraction of sp³-hybridized carbons (Fsp3) is 0.818. The third-order valence-corrected chi connectivity index (χ3v) is 5.17. The normalized spacial score (nSPS) is 18.2. The van der Waals surface area contributed by atoms with E-state index < -0.39 is 33.3 Å². The van der Waals surface area contributed by atoms with Gasteiger partial charge in [-0.05, 0) is 19.3 Å². The molecule has 0 aromatic heterocycles. The first-order valence-corrected chi connectivity index (χ1v) is 7.72. The first-order valence-electron chi connectivity index (χ1n) is 6.17. The van der Waals surface area contributed by atoms with Crippen LogP contribution in [-0.2, 0) is 24.3 Å². The van der Waals surface area contributed by atoms with Crippen molar-refractivity contribution in [2.24, 2.45) is 0 Å². The van der Waals surface area contributed by atoms with E-state index in [2.05, 4.69) is 9.46 Å². The fourth-order valence-electron chi connectivity index (χ4n) is 2.09. The van der Waals surface area contributed by atoms with E-state index in [1.165, 1.54) is 7.11 Å². The molecule has 0 heterocycles. The second kappa shape index (κ2) is 6.85. The van der Waals surface area contributed by atoms with E-state index in [-0.39, 0.29) is 12.8 Å². The number of nitrogens with one attached hydrogen (secondary N) is 1. The Bertz CT molecular complexity index is 426. The third-order valence-electron chi connectivity index (χ3n) is 3.21. The van der Waals surface area contributed by atoms with Crippen molar-refractivity contribution in [1.29, 1.82) is 0 Å². The van der Waals surface area contributed by atoms with E-state index in [0.29, 0.717) is 12.8 Å². The van der Waals surface area contributed by atoms with Crippen LogP contribution in [0.4, 0.5) is 0 Å². The van der Waals surface area contributed by atoms with E-state index in [0.717, 1.165) is 12.8 Å². The van der Waals surface area contributed by atoms with Gasteiger partial charge in [-0.2, -0.15) is 0 Å². The summed E-state index contributed by atoms with van der Waals surface area (Å²) in [6, 6.07) is -1.29. The topological polar surface area (TPSA) is 110 Å². The number of esters is 1. The van der Waals surface area contributed by atoms with Gasteiger partial charge in [0.15, 0.2) is 0 Å². The van der Waals surface area contributed by atoms with Crippen molar-refractivity contribution in [3.05, 3.63) is 0 Å². The van der Waals surface area contributed by atoms with Crippen LogP contribution in [0.3, 0.4) is 0 Å². The zero-order valence-corrected chi connectivity index (χ0v) is 11.6. The van der Waals surface area contributed by atoms with Crippen LogP contribution in [-0.4, -0.2) is 43.9 Å². The number of aliphatic carboxylic acids is 1. The Balaban J connectivity index is 2.62. The quantitative estimate of drug-likeness (QED) is 0.651. The summed E-state index contributed by atoms with van der Waals surface area (Å²) in [6.07, 6.45) is 2.53. The predicted molar refractivity (Wildman–Crippen MR) is 67.0 cm³/mol. The average molecular weight is 293 g/mol. The van der Waals surface area contributed by atoms with Crippen LogP contribution in [0.2, 0.25) is 0 Å². The Morgan fingerprint density at radius 2 is 1.95 bits per heavy atom. The highest BCUT2D eigenvalue weighted by molar-refractivity contribution is 7.90. The smallest absolute Gasteiger partial charge is 0.321 e. The van der Waals surface area contributed by atoms with Crippen LogP contribution in [0.15, 0.2) is 0 Å². The van der Waals surface area contributed by atoms with Gasteiger partial charge in [0, 0.05) is 6.42 Å². The number of rotatable bonds is 7. The van der Waals surface area contributed by atoms with Crippen LogP contribution in [0.1, 0.15) is 38.5 Å². The van der Waals surface area contributed by atoms with E-state index in [4.69, 9.17) is 5.11 Å². The lowest BCUT2D eigenvalue weighted by Crippen LogP contribution is -2.44. The van der Waals surface area contributed by atoms with Crippen LogP contribution in [0.5, 0.6) is 0 Å². The van der Waals surface area contributed by atoms with Gasteiger partial charge in [0.25, 0.3) is 0 Å². The van der Waals surface area contributed by atoms with E-state index in [9.17, 15) is 18.0 Å². The zero-order valence-electron chi connectivity index (χ0n) is 10.8. The van der Waals surface area contributed by atoms with Crippen LogP contribution in [0.25, 0.3) is 0 Å². The summed E-state index contributed by atoms with van der Waals surface area (Å²) in [5.74, 6) is -1.85. The Morgan fingerprint density at radius 3 is 2.42 bits per heavy atom. The standard InChI is InChI=1S/C11H19NO6S/c1-18-10(13)7-6-9(11(14)15)12-19(16,17)8-4-2-3-5-8/h8-9,12H,2-7H2,1H3,(H,14,15)/t9-/m1/s1. The molecule has 1 fully saturated rings. The molecule has 110 valence electrons. The molecule has 0 aromatic carbocycles. The molecule has 0 unspecified atom stereocenters. The predicted octanol–water partition coefficient (Wildman–Crippen LogP) is 0.255. The van der Waals surface area contributed by atoms with Crippen LogP contribution >= 0.6 is 0 Å². The number of hydrogen-bond donors (Lipinski definition) is 2. The molecule has 1 rings (SSSR count). The minimum absolute atomic E-state index is 0.117. The number of ether oxygens (including phenoxy) is 1. The lowest BCUT2D eigenvalue weighted by molar-refractivity contribution is -0.142. The van der Waals surface area contributed by atoms with Gasteiger partial charge in [0.1, 0.15) is 6.04 Å². The molecule has 7 nitrogen and oxygen atoms in total. The summed E-state index contributed by atoms with van der Waals surface area (Å²) in [4.78, 5) is 22.0. The molecule has 0 spiro atoms. The highest BCUT2D eigenvalue weighted by Gasteiger charge is 2.32. The molecule has 0 amide bonds. The number of carbonyl (C=O) groups is 2. The molecule has 0 saturated heterocycles. The minimum atomic E-state index is -3.64. The Morgan fingerprint density at radius 1 is 1.37 bits per heavy atom. The molecule has 0 bridgehead atoms. The molecular weight excluding hydrogens is 274 g/mol. The van der Waals surface area contributed by atoms with Crippen molar-refractivity contribution in [2.45, 2.75) is 49.8 Å². The van der Waals surface area contributed by atoms with Crippen molar-refractivity contribution >= 4 is 22.0 Å². The molecule has 0 radical (unpaired) electrons.